The molecule has 4 heteroatoms. The average Bonchev–Trinajstić information content (AvgIpc) is 3.01. The molecule has 1 unspecified atom stereocenters. The van der Waals surface area contributed by atoms with Crippen LogP contribution in [0, 0.1) is 6.92 Å². The Labute approximate surface area is 125 Å². The monoisotopic (exact) mass is 286 g/mol. The SMILES string of the molecule is Cc1cccc2c(NCCCOC3CCOC3)ccnc12. The lowest BCUT2D eigenvalue weighted by Gasteiger charge is -2.12. The number of ether oxygens (including phenoxy) is 2. The maximum absolute atomic E-state index is 5.77. The number of fused-ring (bicyclic) bond motifs is 1. The van der Waals surface area contributed by atoms with E-state index in [4.69, 9.17) is 9.47 Å². The van der Waals surface area contributed by atoms with Gasteiger partial charge in [0.1, 0.15) is 0 Å². The van der Waals surface area contributed by atoms with Gasteiger partial charge in [-0.05, 0) is 31.4 Å². The van der Waals surface area contributed by atoms with Crippen LogP contribution in [0.15, 0.2) is 30.5 Å². The van der Waals surface area contributed by atoms with Gasteiger partial charge in [0.05, 0.1) is 18.2 Å². The molecule has 1 atom stereocenters. The van der Waals surface area contributed by atoms with Gasteiger partial charge in [0.25, 0.3) is 0 Å². The lowest BCUT2D eigenvalue weighted by molar-refractivity contribution is 0.0427. The molecule has 0 saturated carbocycles. The van der Waals surface area contributed by atoms with Crippen LogP contribution in [0.5, 0.6) is 0 Å². The van der Waals surface area contributed by atoms with Crippen LogP contribution in [0.3, 0.4) is 0 Å². The summed E-state index contributed by atoms with van der Waals surface area (Å²) in [6.07, 6.45) is 4.19. The molecule has 0 spiro atoms. The lowest BCUT2D eigenvalue weighted by Crippen LogP contribution is -2.15. The minimum absolute atomic E-state index is 0.300. The van der Waals surface area contributed by atoms with E-state index in [-0.39, 0.29) is 0 Å². The van der Waals surface area contributed by atoms with Crippen molar-refractivity contribution in [2.75, 3.05) is 31.7 Å². The lowest BCUT2D eigenvalue weighted by atomic mass is 10.1. The Morgan fingerprint density at radius 1 is 1.38 bits per heavy atom. The number of benzene rings is 1. The first kappa shape index (κ1) is 14.3. The van der Waals surface area contributed by atoms with Crippen LogP contribution in [0.2, 0.25) is 0 Å². The third-order valence-corrected chi connectivity index (χ3v) is 3.85. The highest BCUT2D eigenvalue weighted by molar-refractivity contribution is 5.92. The maximum Gasteiger partial charge on any atom is 0.0830 e. The van der Waals surface area contributed by atoms with E-state index < -0.39 is 0 Å². The van der Waals surface area contributed by atoms with Gasteiger partial charge in [0, 0.05) is 37.0 Å². The summed E-state index contributed by atoms with van der Waals surface area (Å²) in [4.78, 5) is 4.46. The first-order chi connectivity index (χ1) is 10.3. The molecule has 4 nitrogen and oxygen atoms in total. The summed E-state index contributed by atoms with van der Waals surface area (Å²) in [7, 11) is 0. The zero-order chi connectivity index (χ0) is 14.5. The van der Waals surface area contributed by atoms with E-state index in [0.717, 1.165) is 50.4 Å². The van der Waals surface area contributed by atoms with Crippen LogP contribution < -0.4 is 5.32 Å². The van der Waals surface area contributed by atoms with Gasteiger partial charge in [-0.2, -0.15) is 0 Å². The van der Waals surface area contributed by atoms with Gasteiger partial charge < -0.3 is 14.8 Å². The molecule has 1 saturated heterocycles. The molecule has 1 fully saturated rings. The largest absolute Gasteiger partial charge is 0.384 e. The fourth-order valence-electron chi connectivity index (χ4n) is 2.67. The molecule has 112 valence electrons. The maximum atomic E-state index is 5.77. The van der Waals surface area contributed by atoms with E-state index >= 15 is 0 Å². The summed E-state index contributed by atoms with van der Waals surface area (Å²) in [5, 5.41) is 4.67. The molecule has 0 aliphatic carbocycles. The van der Waals surface area contributed by atoms with E-state index in [2.05, 4.69) is 35.4 Å². The summed E-state index contributed by atoms with van der Waals surface area (Å²) < 4.78 is 11.1. The number of nitrogens with one attached hydrogen (secondary N) is 1. The Bertz CT molecular complexity index is 594. The second kappa shape index (κ2) is 6.87. The third kappa shape index (κ3) is 3.52. The van der Waals surface area contributed by atoms with E-state index in [1.807, 2.05) is 12.3 Å². The molecule has 2 aromatic rings. The number of nitrogens with zero attached hydrogens (tertiary/aromatic N) is 1. The quantitative estimate of drug-likeness (QED) is 0.828. The number of pyridine rings is 1. The molecule has 1 N–H and O–H groups in total. The van der Waals surface area contributed by atoms with Crippen molar-refractivity contribution >= 4 is 16.6 Å². The van der Waals surface area contributed by atoms with Gasteiger partial charge >= 0.3 is 0 Å². The number of aromatic nitrogens is 1. The minimum Gasteiger partial charge on any atom is -0.384 e. The number of para-hydroxylation sites is 1. The predicted octanol–water partition coefficient (Wildman–Crippen LogP) is 3.15. The van der Waals surface area contributed by atoms with Crippen LogP contribution in [0.1, 0.15) is 18.4 Å². The Morgan fingerprint density at radius 3 is 3.19 bits per heavy atom. The Hall–Kier alpha value is -1.65. The van der Waals surface area contributed by atoms with Crippen LogP contribution in [-0.2, 0) is 9.47 Å². The third-order valence-electron chi connectivity index (χ3n) is 3.85. The first-order valence-corrected chi connectivity index (χ1v) is 7.62. The second-order valence-corrected chi connectivity index (χ2v) is 5.47. The zero-order valence-corrected chi connectivity index (χ0v) is 12.5. The van der Waals surface area contributed by atoms with E-state index in [9.17, 15) is 0 Å². The number of hydrogen-bond acceptors (Lipinski definition) is 4. The summed E-state index contributed by atoms with van der Waals surface area (Å²) in [5.41, 5.74) is 3.43. The van der Waals surface area contributed by atoms with Crippen LogP contribution in [-0.4, -0.2) is 37.5 Å². The fourth-order valence-corrected chi connectivity index (χ4v) is 2.67. The number of aryl methyl sites for hydroxylation is 1. The first-order valence-electron chi connectivity index (χ1n) is 7.62. The van der Waals surface area contributed by atoms with Crippen molar-refractivity contribution in [2.45, 2.75) is 25.9 Å². The highest BCUT2D eigenvalue weighted by Crippen LogP contribution is 2.23. The highest BCUT2D eigenvalue weighted by atomic mass is 16.5. The van der Waals surface area contributed by atoms with Crippen LogP contribution in [0.4, 0.5) is 5.69 Å². The molecular weight excluding hydrogens is 264 g/mol. The molecule has 0 bridgehead atoms. The molecule has 2 heterocycles. The summed E-state index contributed by atoms with van der Waals surface area (Å²) in [6, 6.07) is 8.32. The average molecular weight is 286 g/mol. The zero-order valence-electron chi connectivity index (χ0n) is 12.5. The van der Waals surface area contributed by atoms with Crippen molar-refractivity contribution < 1.29 is 9.47 Å². The van der Waals surface area contributed by atoms with Gasteiger partial charge in [0.15, 0.2) is 0 Å². The standard InChI is InChI=1S/C17H22N2O2/c1-13-4-2-5-15-16(6-9-19-17(13)15)18-8-3-10-21-14-7-11-20-12-14/h2,4-6,9,14H,3,7-8,10-12H2,1H3,(H,18,19). The Morgan fingerprint density at radius 2 is 2.33 bits per heavy atom. The van der Waals surface area contributed by atoms with Crippen LogP contribution >= 0.6 is 0 Å². The van der Waals surface area contributed by atoms with Crippen molar-refractivity contribution in [1.82, 2.24) is 4.98 Å². The molecule has 3 rings (SSSR count). The fraction of sp³-hybridized carbons (Fsp3) is 0.471. The number of hydrogen-bond donors (Lipinski definition) is 1. The van der Waals surface area contributed by atoms with Crippen molar-refractivity contribution in [3.8, 4) is 0 Å². The molecule has 0 amide bonds. The Balaban J connectivity index is 1.52. The van der Waals surface area contributed by atoms with Crippen molar-refractivity contribution in [3.63, 3.8) is 0 Å². The van der Waals surface area contributed by atoms with Gasteiger partial charge in [0.2, 0.25) is 0 Å². The topological polar surface area (TPSA) is 43.4 Å². The smallest absolute Gasteiger partial charge is 0.0830 e. The van der Waals surface area contributed by atoms with Gasteiger partial charge in [-0.15, -0.1) is 0 Å². The van der Waals surface area contributed by atoms with Gasteiger partial charge in [-0.1, -0.05) is 18.2 Å². The number of rotatable bonds is 6. The van der Waals surface area contributed by atoms with E-state index in [1.54, 1.807) is 0 Å². The molecule has 1 aliphatic rings. The van der Waals surface area contributed by atoms with Crippen molar-refractivity contribution in [1.29, 1.82) is 0 Å². The van der Waals surface area contributed by atoms with Crippen molar-refractivity contribution in [3.05, 3.63) is 36.0 Å². The highest BCUT2D eigenvalue weighted by Gasteiger charge is 2.15. The number of anilines is 1. The molecule has 0 radical (unpaired) electrons. The summed E-state index contributed by atoms with van der Waals surface area (Å²) >= 11 is 0. The van der Waals surface area contributed by atoms with Crippen LogP contribution in [0.25, 0.3) is 10.9 Å². The molecule has 1 aromatic carbocycles. The molecular formula is C17H22N2O2. The van der Waals surface area contributed by atoms with Gasteiger partial charge in [-0.25, -0.2) is 0 Å². The second-order valence-electron chi connectivity index (χ2n) is 5.47. The molecule has 1 aliphatic heterocycles. The van der Waals surface area contributed by atoms with Crippen molar-refractivity contribution in [2.24, 2.45) is 0 Å². The van der Waals surface area contributed by atoms with Gasteiger partial charge in [-0.3, -0.25) is 4.98 Å². The predicted molar refractivity (Wildman–Crippen MR) is 84.8 cm³/mol. The van der Waals surface area contributed by atoms with E-state index in [0.29, 0.717) is 6.10 Å². The molecule has 21 heavy (non-hydrogen) atoms. The Kier molecular flexibility index (Phi) is 4.68. The summed E-state index contributed by atoms with van der Waals surface area (Å²) in [6.45, 7) is 5.37. The van der Waals surface area contributed by atoms with E-state index in [1.165, 1.54) is 10.9 Å². The normalized spacial score (nSPS) is 18.2. The molecule has 1 aromatic heterocycles. The minimum atomic E-state index is 0.300. The summed E-state index contributed by atoms with van der Waals surface area (Å²) in [5.74, 6) is 0.